The molecule has 0 saturated carbocycles. The SMILES string of the molecule is Cc1ncc(C(=O)O)n1CCC(C)C. The first-order valence-corrected chi connectivity index (χ1v) is 4.77. The van der Waals surface area contributed by atoms with Gasteiger partial charge < -0.3 is 9.67 Å². The fraction of sp³-hybridized carbons (Fsp3) is 0.600. The van der Waals surface area contributed by atoms with E-state index < -0.39 is 5.97 Å². The largest absolute Gasteiger partial charge is 0.477 e. The molecule has 0 radical (unpaired) electrons. The van der Waals surface area contributed by atoms with Crippen molar-refractivity contribution < 1.29 is 9.90 Å². The summed E-state index contributed by atoms with van der Waals surface area (Å²) in [6.45, 7) is 6.79. The average Bonchev–Trinajstić information content (AvgIpc) is 2.43. The summed E-state index contributed by atoms with van der Waals surface area (Å²) in [6, 6.07) is 0. The molecular weight excluding hydrogens is 180 g/mol. The van der Waals surface area contributed by atoms with E-state index in [9.17, 15) is 4.79 Å². The van der Waals surface area contributed by atoms with Crippen LogP contribution in [0, 0.1) is 12.8 Å². The number of imidazole rings is 1. The Balaban J connectivity index is 2.83. The minimum absolute atomic E-state index is 0.281. The van der Waals surface area contributed by atoms with Crippen LogP contribution >= 0.6 is 0 Å². The van der Waals surface area contributed by atoms with Crippen LogP contribution in [0.4, 0.5) is 0 Å². The Bertz CT molecular complexity index is 329. The number of hydrogen-bond donors (Lipinski definition) is 1. The molecule has 0 aromatic carbocycles. The van der Waals surface area contributed by atoms with Gasteiger partial charge in [-0.2, -0.15) is 0 Å². The number of aromatic nitrogens is 2. The van der Waals surface area contributed by atoms with E-state index in [1.165, 1.54) is 6.20 Å². The van der Waals surface area contributed by atoms with E-state index in [4.69, 9.17) is 5.11 Å². The van der Waals surface area contributed by atoms with Crippen molar-refractivity contribution in [3.8, 4) is 0 Å². The molecule has 0 bridgehead atoms. The molecule has 1 aromatic heterocycles. The van der Waals surface area contributed by atoms with Crippen molar-refractivity contribution in [2.45, 2.75) is 33.7 Å². The van der Waals surface area contributed by atoms with Gasteiger partial charge in [0.25, 0.3) is 0 Å². The lowest BCUT2D eigenvalue weighted by Crippen LogP contribution is -2.11. The summed E-state index contributed by atoms with van der Waals surface area (Å²) in [6.07, 6.45) is 2.38. The number of hydrogen-bond acceptors (Lipinski definition) is 2. The third-order valence-electron chi connectivity index (χ3n) is 2.20. The second-order valence-corrected chi connectivity index (χ2v) is 3.83. The second kappa shape index (κ2) is 4.26. The monoisotopic (exact) mass is 196 g/mol. The first-order chi connectivity index (χ1) is 6.52. The van der Waals surface area contributed by atoms with E-state index >= 15 is 0 Å². The first kappa shape index (κ1) is 10.8. The maximum Gasteiger partial charge on any atom is 0.354 e. The molecule has 4 heteroatoms. The number of aromatic carboxylic acids is 1. The highest BCUT2D eigenvalue weighted by molar-refractivity contribution is 5.85. The molecule has 0 fully saturated rings. The van der Waals surface area contributed by atoms with Crippen molar-refractivity contribution in [3.05, 3.63) is 17.7 Å². The lowest BCUT2D eigenvalue weighted by atomic mass is 10.1. The number of aryl methyl sites for hydroxylation is 1. The maximum atomic E-state index is 10.8. The molecule has 1 rings (SSSR count). The van der Waals surface area contributed by atoms with Gasteiger partial charge in [0.1, 0.15) is 11.5 Å². The highest BCUT2D eigenvalue weighted by Gasteiger charge is 2.12. The van der Waals surface area contributed by atoms with E-state index in [0.717, 1.165) is 18.8 Å². The van der Waals surface area contributed by atoms with Gasteiger partial charge in [0.05, 0.1) is 6.20 Å². The van der Waals surface area contributed by atoms with Gasteiger partial charge in [0.15, 0.2) is 0 Å². The minimum atomic E-state index is -0.908. The Morgan fingerprint density at radius 1 is 1.64 bits per heavy atom. The lowest BCUT2D eigenvalue weighted by Gasteiger charge is -2.09. The molecule has 0 aliphatic rings. The Kier molecular flexibility index (Phi) is 3.28. The predicted octanol–water partition coefficient (Wildman–Crippen LogP) is 1.94. The zero-order valence-corrected chi connectivity index (χ0v) is 8.82. The van der Waals surface area contributed by atoms with E-state index in [-0.39, 0.29) is 5.69 Å². The van der Waals surface area contributed by atoms with Gasteiger partial charge in [-0.05, 0) is 19.3 Å². The third-order valence-corrected chi connectivity index (χ3v) is 2.20. The molecule has 0 unspecified atom stereocenters. The van der Waals surface area contributed by atoms with Crippen LogP contribution in [-0.2, 0) is 6.54 Å². The highest BCUT2D eigenvalue weighted by Crippen LogP contribution is 2.09. The molecule has 1 aromatic rings. The van der Waals surface area contributed by atoms with Gasteiger partial charge in [-0.3, -0.25) is 0 Å². The Hall–Kier alpha value is -1.32. The average molecular weight is 196 g/mol. The zero-order valence-electron chi connectivity index (χ0n) is 8.82. The van der Waals surface area contributed by atoms with Gasteiger partial charge in [-0.15, -0.1) is 0 Å². The predicted molar refractivity (Wildman–Crippen MR) is 53.4 cm³/mol. The Labute approximate surface area is 83.6 Å². The summed E-state index contributed by atoms with van der Waals surface area (Å²) >= 11 is 0. The molecule has 0 saturated heterocycles. The highest BCUT2D eigenvalue weighted by atomic mass is 16.4. The molecule has 1 heterocycles. The number of carboxylic acids is 1. The maximum absolute atomic E-state index is 10.8. The van der Waals surface area contributed by atoms with E-state index in [1.54, 1.807) is 4.57 Å². The number of carboxylic acid groups (broad SMARTS) is 1. The van der Waals surface area contributed by atoms with Gasteiger partial charge >= 0.3 is 5.97 Å². The number of carbonyl (C=O) groups is 1. The smallest absolute Gasteiger partial charge is 0.354 e. The molecule has 0 aliphatic heterocycles. The molecule has 1 N–H and O–H groups in total. The standard InChI is InChI=1S/C10H16N2O2/c1-7(2)4-5-12-8(3)11-6-9(12)10(13)14/h6-7H,4-5H2,1-3H3,(H,13,14). The lowest BCUT2D eigenvalue weighted by molar-refractivity contribution is 0.0684. The van der Waals surface area contributed by atoms with Crippen LogP contribution < -0.4 is 0 Å². The van der Waals surface area contributed by atoms with Crippen LogP contribution in [0.5, 0.6) is 0 Å². The van der Waals surface area contributed by atoms with Crippen LogP contribution in [0.1, 0.15) is 36.6 Å². The summed E-state index contributed by atoms with van der Waals surface area (Å²) in [7, 11) is 0. The number of rotatable bonds is 4. The van der Waals surface area contributed by atoms with Crippen molar-refractivity contribution in [3.63, 3.8) is 0 Å². The molecule has 78 valence electrons. The first-order valence-electron chi connectivity index (χ1n) is 4.77. The summed E-state index contributed by atoms with van der Waals surface area (Å²) in [5.41, 5.74) is 0.281. The van der Waals surface area contributed by atoms with Gasteiger partial charge in [-0.25, -0.2) is 9.78 Å². The van der Waals surface area contributed by atoms with Crippen molar-refractivity contribution in [1.29, 1.82) is 0 Å². The van der Waals surface area contributed by atoms with E-state index in [0.29, 0.717) is 5.92 Å². The Morgan fingerprint density at radius 3 is 2.79 bits per heavy atom. The fourth-order valence-electron chi connectivity index (χ4n) is 1.31. The topological polar surface area (TPSA) is 55.1 Å². The van der Waals surface area contributed by atoms with E-state index in [1.807, 2.05) is 6.92 Å². The molecule has 0 aliphatic carbocycles. The fourth-order valence-corrected chi connectivity index (χ4v) is 1.31. The molecule has 0 spiro atoms. The van der Waals surface area contributed by atoms with Crippen LogP contribution in [0.25, 0.3) is 0 Å². The van der Waals surface area contributed by atoms with Crippen molar-refractivity contribution in [1.82, 2.24) is 9.55 Å². The summed E-state index contributed by atoms with van der Waals surface area (Å²) in [5, 5.41) is 8.88. The molecular formula is C10H16N2O2. The van der Waals surface area contributed by atoms with Crippen LogP contribution in [0.15, 0.2) is 6.20 Å². The summed E-state index contributed by atoms with van der Waals surface area (Å²) in [4.78, 5) is 14.8. The van der Waals surface area contributed by atoms with E-state index in [2.05, 4.69) is 18.8 Å². The third kappa shape index (κ3) is 2.34. The zero-order chi connectivity index (χ0) is 10.7. The minimum Gasteiger partial charge on any atom is -0.477 e. The van der Waals surface area contributed by atoms with Crippen LogP contribution in [0.2, 0.25) is 0 Å². The summed E-state index contributed by atoms with van der Waals surface area (Å²) in [5.74, 6) is 0.427. The van der Waals surface area contributed by atoms with Gasteiger partial charge in [0, 0.05) is 6.54 Å². The Morgan fingerprint density at radius 2 is 2.29 bits per heavy atom. The van der Waals surface area contributed by atoms with Crippen molar-refractivity contribution in [2.75, 3.05) is 0 Å². The van der Waals surface area contributed by atoms with Crippen molar-refractivity contribution in [2.24, 2.45) is 5.92 Å². The summed E-state index contributed by atoms with van der Waals surface area (Å²) < 4.78 is 1.75. The van der Waals surface area contributed by atoms with Gasteiger partial charge in [0.2, 0.25) is 0 Å². The molecule has 14 heavy (non-hydrogen) atoms. The normalized spacial score (nSPS) is 10.9. The van der Waals surface area contributed by atoms with Crippen LogP contribution in [0.3, 0.4) is 0 Å². The quantitative estimate of drug-likeness (QED) is 0.800. The van der Waals surface area contributed by atoms with Gasteiger partial charge in [-0.1, -0.05) is 13.8 Å². The second-order valence-electron chi connectivity index (χ2n) is 3.83. The molecule has 0 amide bonds. The molecule has 4 nitrogen and oxygen atoms in total. The van der Waals surface area contributed by atoms with Crippen molar-refractivity contribution >= 4 is 5.97 Å². The van der Waals surface area contributed by atoms with Crippen LogP contribution in [-0.4, -0.2) is 20.6 Å². The number of nitrogens with zero attached hydrogens (tertiary/aromatic N) is 2. The molecule has 0 atom stereocenters.